The molecule has 3 N–H and O–H groups in total. The second-order valence-corrected chi connectivity index (χ2v) is 7.06. The van der Waals surface area contributed by atoms with Gasteiger partial charge >= 0.3 is 6.03 Å². The maximum absolute atomic E-state index is 15.4. The average molecular weight is 414 g/mol. The zero-order valence-corrected chi connectivity index (χ0v) is 16.8. The van der Waals surface area contributed by atoms with Crippen molar-refractivity contribution in [1.29, 1.82) is 0 Å². The topological polar surface area (TPSA) is 77.2 Å². The maximum atomic E-state index is 15.4. The van der Waals surface area contributed by atoms with E-state index in [1.54, 1.807) is 55.6 Å². The molecule has 0 fully saturated rings. The lowest BCUT2D eigenvalue weighted by Gasteiger charge is -2.14. The quantitative estimate of drug-likeness (QED) is 0.605. The molecule has 7 heteroatoms. The number of nitrogens with two attached hydrogens (primary N) is 1. The molecule has 3 aromatic rings. The molecule has 0 aliphatic rings. The number of hydrogen-bond acceptors (Lipinski definition) is 3. The Labute approximate surface area is 173 Å². The Morgan fingerprint density at radius 2 is 2.07 bits per heavy atom. The number of nitrogens with zero attached hydrogens (tertiary/aromatic N) is 1. The molecule has 0 spiro atoms. The number of methoxy groups -OCH3 is 1. The van der Waals surface area contributed by atoms with Crippen molar-refractivity contribution in [3.63, 3.8) is 0 Å². The molecular formula is C22H21ClFN3O2. The number of hydrogen-bond donors (Lipinski definition) is 2. The van der Waals surface area contributed by atoms with Crippen molar-refractivity contribution in [2.24, 2.45) is 5.73 Å². The van der Waals surface area contributed by atoms with Crippen LogP contribution in [0.5, 0.6) is 5.75 Å². The van der Waals surface area contributed by atoms with Gasteiger partial charge in [0.2, 0.25) is 0 Å². The molecule has 29 heavy (non-hydrogen) atoms. The molecule has 150 valence electrons. The van der Waals surface area contributed by atoms with Gasteiger partial charge in [-0.2, -0.15) is 0 Å². The van der Waals surface area contributed by atoms with Crippen molar-refractivity contribution in [3.8, 4) is 16.9 Å². The lowest BCUT2D eigenvalue weighted by Crippen LogP contribution is -2.32. The summed E-state index contributed by atoms with van der Waals surface area (Å²) in [4.78, 5) is 15.3. The van der Waals surface area contributed by atoms with E-state index in [9.17, 15) is 4.79 Å². The van der Waals surface area contributed by atoms with Crippen LogP contribution in [0.2, 0.25) is 5.02 Å². The predicted molar refractivity (Wildman–Crippen MR) is 112 cm³/mol. The number of carbonyl (C=O) groups is 1. The van der Waals surface area contributed by atoms with E-state index in [0.717, 1.165) is 5.56 Å². The molecule has 0 aliphatic carbocycles. The van der Waals surface area contributed by atoms with Crippen molar-refractivity contribution in [2.75, 3.05) is 7.11 Å². The standard InChI is InChI=1S/C22H21ClFN3O2/c1-13(27-22(25)28)18-8-6-14(12-26-18)10-16-7-9-19(29-2)20(21(16)24)15-4-3-5-17(23)11-15/h3-9,11-13H,10H2,1-2H3,(H3,25,27,28). The summed E-state index contributed by atoms with van der Waals surface area (Å²) in [5, 5.41) is 3.09. The minimum atomic E-state index is -0.614. The van der Waals surface area contributed by atoms with Crippen LogP contribution in [0.25, 0.3) is 11.1 Å². The Balaban J connectivity index is 1.90. The number of aromatic nitrogens is 1. The van der Waals surface area contributed by atoms with E-state index in [1.807, 2.05) is 6.07 Å². The number of pyridine rings is 1. The SMILES string of the molecule is COc1ccc(Cc2ccc(C(C)NC(N)=O)nc2)c(F)c1-c1cccc(Cl)c1. The van der Waals surface area contributed by atoms with Crippen molar-refractivity contribution < 1.29 is 13.9 Å². The second-order valence-electron chi connectivity index (χ2n) is 6.62. The summed E-state index contributed by atoms with van der Waals surface area (Å²) in [6.07, 6.45) is 2.02. The number of ether oxygens (including phenoxy) is 1. The lowest BCUT2D eigenvalue weighted by atomic mass is 9.97. The Bertz CT molecular complexity index is 1030. The smallest absolute Gasteiger partial charge is 0.312 e. The fraction of sp³-hybridized carbons (Fsp3) is 0.182. The van der Waals surface area contributed by atoms with Gasteiger partial charge < -0.3 is 15.8 Å². The number of amides is 2. The highest BCUT2D eigenvalue weighted by atomic mass is 35.5. The third-order valence-electron chi connectivity index (χ3n) is 4.56. The fourth-order valence-electron chi connectivity index (χ4n) is 3.12. The summed E-state index contributed by atoms with van der Waals surface area (Å²) >= 11 is 6.08. The van der Waals surface area contributed by atoms with Gasteiger partial charge in [0.05, 0.1) is 24.4 Å². The summed E-state index contributed by atoms with van der Waals surface area (Å²) < 4.78 is 20.7. The molecular weight excluding hydrogens is 393 g/mol. The van der Waals surface area contributed by atoms with Gasteiger partial charge in [-0.25, -0.2) is 9.18 Å². The van der Waals surface area contributed by atoms with E-state index in [4.69, 9.17) is 22.1 Å². The molecule has 1 atom stereocenters. The van der Waals surface area contributed by atoms with Crippen LogP contribution in [0.3, 0.4) is 0 Å². The Morgan fingerprint density at radius 3 is 2.69 bits per heavy atom. The van der Waals surface area contributed by atoms with Crippen LogP contribution in [0, 0.1) is 5.82 Å². The number of halogens is 2. The second kappa shape index (κ2) is 8.92. The Hall–Kier alpha value is -3.12. The van der Waals surface area contributed by atoms with E-state index in [0.29, 0.717) is 39.6 Å². The van der Waals surface area contributed by atoms with E-state index >= 15 is 4.39 Å². The van der Waals surface area contributed by atoms with Crippen molar-refractivity contribution >= 4 is 17.6 Å². The van der Waals surface area contributed by atoms with Crippen LogP contribution >= 0.6 is 11.6 Å². The van der Waals surface area contributed by atoms with Gasteiger partial charge in [0.15, 0.2) is 0 Å². The van der Waals surface area contributed by atoms with Crippen LogP contribution in [0.15, 0.2) is 54.7 Å². The summed E-state index contributed by atoms with van der Waals surface area (Å²) in [7, 11) is 1.51. The van der Waals surface area contributed by atoms with Gasteiger partial charge in [-0.3, -0.25) is 4.98 Å². The third kappa shape index (κ3) is 4.84. The van der Waals surface area contributed by atoms with Crippen LogP contribution in [-0.2, 0) is 6.42 Å². The van der Waals surface area contributed by atoms with E-state index in [-0.39, 0.29) is 11.9 Å². The zero-order valence-electron chi connectivity index (χ0n) is 16.1. The summed E-state index contributed by atoms with van der Waals surface area (Å²) in [5.74, 6) is 0.0767. The zero-order chi connectivity index (χ0) is 21.0. The molecule has 3 rings (SSSR count). The van der Waals surface area contributed by atoms with Crippen LogP contribution < -0.4 is 15.8 Å². The number of benzene rings is 2. The fourth-order valence-corrected chi connectivity index (χ4v) is 3.32. The minimum Gasteiger partial charge on any atom is -0.496 e. The largest absolute Gasteiger partial charge is 0.496 e. The molecule has 2 aromatic carbocycles. The Kier molecular flexibility index (Phi) is 6.34. The maximum Gasteiger partial charge on any atom is 0.312 e. The van der Waals surface area contributed by atoms with Crippen molar-refractivity contribution in [3.05, 3.63) is 82.4 Å². The highest BCUT2D eigenvalue weighted by Gasteiger charge is 2.17. The summed E-state index contributed by atoms with van der Waals surface area (Å²) in [6.45, 7) is 1.78. The first kappa shape index (κ1) is 20.6. The van der Waals surface area contributed by atoms with Gasteiger partial charge in [-0.05, 0) is 47.9 Å². The molecule has 5 nitrogen and oxygen atoms in total. The molecule has 2 amide bonds. The first-order valence-corrected chi connectivity index (χ1v) is 9.39. The van der Waals surface area contributed by atoms with E-state index in [2.05, 4.69) is 10.3 Å². The molecule has 1 unspecified atom stereocenters. The molecule has 0 aliphatic heterocycles. The summed E-state index contributed by atoms with van der Waals surface area (Å²) in [6, 6.07) is 13.2. The molecule has 1 aromatic heterocycles. The van der Waals surface area contributed by atoms with E-state index < -0.39 is 6.03 Å². The lowest BCUT2D eigenvalue weighted by molar-refractivity contribution is 0.246. The number of urea groups is 1. The van der Waals surface area contributed by atoms with Crippen LogP contribution in [0.1, 0.15) is 29.8 Å². The number of rotatable bonds is 6. The van der Waals surface area contributed by atoms with Crippen LogP contribution in [-0.4, -0.2) is 18.1 Å². The number of carbonyl (C=O) groups excluding carboxylic acids is 1. The molecule has 0 bridgehead atoms. The monoisotopic (exact) mass is 413 g/mol. The minimum absolute atomic E-state index is 0.311. The van der Waals surface area contributed by atoms with Gasteiger partial charge in [0.1, 0.15) is 11.6 Å². The number of primary amides is 1. The highest BCUT2D eigenvalue weighted by molar-refractivity contribution is 6.30. The van der Waals surface area contributed by atoms with Gasteiger partial charge in [0.25, 0.3) is 0 Å². The third-order valence-corrected chi connectivity index (χ3v) is 4.80. The van der Waals surface area contributed by atoms with Gasteiger partial charge in [0, 0.05) is 17.6 Å². The summed E-state index contributed by atoms with van der Waals surface area (Å²) in [5.41, 5.74) is 8.17. The predicted octanol–water partition coefficient (Wildman–Crippen LogP) is 4.87. The first-order valence-electron chi connectivity index (χ1n) is 9.01. The van der Waals surface area contributed by atoms with Gasteiger partial charge in [-0.15, -0.1) is 0 Å². The number of nitrogens with one attached hydrogen (secondary N) is 1. The van der Waals surface area contributed by atoms with Crippen molar-refractivity contribution in [2.45, 2.75) is 19.4 Å². The molecule has 0 saturated carbocycles. The van der Waals surface area contributed by atoms with Gasteiger partial charge in [-0.1, -0.05) is 35.9 Å². The first-order chi connectivity index (χ1) is 13.9. The normalized spacial score (nSPS) is 11.7. The molecule has 0 saturated heterocycles. The Morgan fingerprint density at radius 1 is 1.28 bits per heavy atom. The van der Waals surface area contributed by atoms with Crippen LogP contribution in [0.4, 0.5) is 9.18 Å². The van der Waals surface area contributed by atoms with Crippen molar-refractivity contribution in [1.82, 2.24) is 10.3 Å². The average Bonchev–Trinajstić information content (AvgIpc) is 2.69. The molecule has 1 heterocycles. The van der Waals surface area contributed by atoms with E-state index in [1.165, 1.54) is 7.11 Å². The molecule has 0 radical (unpaired) electrons. The highest BCUT2D eigenvalue weighted by Crippen LogP contribution is 2.36.